The van der Waals surface area contributed by atoms with Crippen LogP contribution in [0.25, 0.3) is 0 Å². The second-order valence-corrected chi connectivity index (χ2v) is 1.24. The van der Waals surface area contributed by atoms with Crippen LogP contribution in [0.4, 0.5) is 0 Å². The monoisotopic (exact) mass is 106 g/mol. The van der Waals surface area contributed by atoms with Crippen molar-refractivity contribution in [1.82, 2.24) is 0 Å². The van der Waals surface area contributed by atoms with Crippen LogP contribution in [0, 0.1) is 0 Å². The standard InChI is InChI=1S/C4H5NO.Na/c6-4-2-1-3-5-4;/h3H,1-2H2;. The van der Waals surface area contributed by atoms with Crippen LogP contribution in [0.5, 0.6) is 0 Å². The molecule has 33 valence electrons. The van der Waals surface area contributed by atoms with Crippen LogP contribution in [0.1, 0.15) is 12.8 Å². The van der Waals surface area contributed by atoms with Gasteiger partial charge in [-0.2, -0.15) is 0 Å². The number of nitrogens with zero attached hydrogens (tertiary/aromatic N) is 1. The molecule has 0 aliphatic carbocycles. The minimum atomic E-state index is 0. The molecule has 1 heterocycles. The summed E-state index contributed by atoms with van der Waals surface area (Å²) in [4.78, 5) is 13.5. The fraction of sp³-hybridized carbons (Fsp3) is 0.500. The molecule has 0 fully saturated rings. The van der Waals surface area contributed by atoms with E-state index in [1.165, 1.54) is 0 Å². The molecular weight excluding hydrogens is 101 g/mol. The van der Waals surface area contributed by atoms with Gasteiger partial charge in [0.1, 0.15) is 0 Å². The topological polar surface area (TPSA) is 29.4 Å². The largest absolute Gasteiger partial charge is 0.273 e. The van der Waals surface area contributed by atoms with Crippen molar-refractivity contribution >= 4 is 41.7 Å². The smallest absolute Gasteiger partial charge is 0.245 e. The van der Waals surface area contributed by atoms with Crippen LogP contribution >= 0.6 is 0 Å². The normalized spacial score (nSPS) is 16.9. The van der Waals surface area contributed by atoms with E-state index in [4.69, 9.17) is 0 Å². The zero-order chi connectivity index (χ0) is 4.41. The minimum absolute atomic E-state index is 0. The van der Waals surface area contributed by atoms with Gasteiger partial charge in [-0.15, -0.1) is 0 Å². The predicted molar refractivity (Wildman–Crippen MR) is 28.5 cm³/mol. The van der Waals surface area contributed by atoms with Crippen molar-refractivity contribution in [3.8, 4) is 0 Å². The second-order valence-electron chi connectivity index (χ2n) is 1.24. The van der Waals surface area contributed by atoms with Crippen LogP contribution in [0.15, 0.2) is 4.99 Å². The molecule has 1 aliphatic heterocycles. The SMILES string of the molecule is O=C1CCC=N1.[Na]. The van der Waals surface area contributed by atoms with Crippen molar-refractivity contribution in [1.29, 1.82) is 0 Å². The molecule has 0 aromatic rings. The first kappa shape index (κ1) is 7.34. The van der Waals surface area contributed by atoms with Crippen LogP contribution in [-0.4, -0.2) is 41.7 Å². The number of hydrogen-bond donors (Lipinski definition) is 0. The predicted octanol–water partition coefficient (Wildman–Crippen LogP) is -0.00320. The summed E-state index contributed by atoms with van der Waals surface area (Å²) in [5.74, 6) is 0.0231. The van der Waals surface area contributed by atoms with Gasteiger partial charge in [0, 0.05) is 42.2 Å². The molecule has 0 saturated carbocycles. The molecule has 0 bridgehead atoms. The Morgan fingerprint density at radius 2 is 2.43 bits per heavy atom. The Bertz CT molecular complexity index is 99.9. The van der Waals surface area contributed by atoms with Gasteiger partial charge >= 0.3 is 0 Å². The van der Waals surface area contributed by atoms with Crippen molar-refractivity contribution < 1.29 is 4.79 Å². The number of rotatable bonds is 0. The second kappa shape index (κ2) is 3.36. The number of amides is 1. The maximum Gasteiger partial charge on any atom is 0.245 e. The van der Waals surface area contributed by atoms with E-state index >= 15 is 0 Å². The molecule has 0 aromatic heterocycles. The van der Waals surface area contributed by atoms with Crippen molar-refractivity contribution in [2.24, 2.45) is 4.99 Å². The number of aliphatic imine (C=N–C) groups is 1. The Balaban J connectivity index is 0.000000360. The molecule has 0 atom stereocenters. The van der Waals surface area contributed by atoms with Crippen molar-refractivity contribution in [2.45, 2.75) is 12.8 Å². The van der Waals surface area contributed by atoms with Gasteiger partial charge in [0.15, 0.2) is 0 Å². The van der Waals surface area contributed by atoms with Gasteiger partial charge in [0.2, 0.25) is 5.91 Å². The van der Waals surface area contributed by atoms with Gasteiger partial charge in [0.05, 0.1) is 0 Å². The summed E-state index contributed by atoms with van der Waals surface area (Å²) >= 11 is 0. The Morgan fingerprint density at radius 1 is 1.71 bits per heavy atom. The van der Waals surface area contributed by atoms with E-state index in [1.54, 1.807) is 6.21 Å². The number of carbonyl (C=O) groups is 1. The molecule has 1 aliphatic rings. The van der Waals surface area contributed by atoms with Gasteiger partial charge in [-0.1, -0.05) is 0 Å². The Labute approximate surface area is 64.3 Å². The molecular formula is C4H5NNaO. The summed E-state index contributed by atoms with van der Waals surface area (Å²) in [6.07, 6.45) is 3.13. The summed E-state index contributed by atoms with van der Waals surface area (Å²) in [7, 11) is 0. The first-order chi connectivity index (χ1) is 2.89. The van der Waals surface area contributed by atoms with Gasteiger partial charge in [-0.05, 0) is 6.42 Å². The zero-order valence-corrected chi connectivity index (χ0v) is 6.35. The van der Waals surface area contributed by atoms with E-state index < -0.39 is 0 Å². The van der Waals surface area contributed by atoms with Crippen molar-refractivity contribution in [3.05, 3.63) is 0 Å². The van der Waals surface area contributed by atoms with E-state index in [2.05, 4.69) is 4.99 Å². The maximum absolute atomic E-state index is 10.0. The third kappa shape index (κ3) is 2.22. The summed E-state index contributed by atoms with van der Waals surface area (Å²) in [6.45, 7) is 0. The average molecular weight is 106 g/mol. The fourth-order valence-corrected chi connectivity index (χ4v) is 0.419. The molecule has 3 heteroatoms. The van der Waals surface area contributed by atoms with Crippen molar-refractivity contribution in [3.63, 3.8) is 0 Å². The van der Waals surface area contributed by atoms with E-state index in [-0.39, 0.29) is 35.5 Å². The van der Waals surface area contributed by atoms with Crippen LogP contribution in [-0.2, 0) is 4.79 Å². The molecule has 0 spiro atoms. The summed E-state index contributed by atoms with van der Waals surface area (Å²) < 4.78 is 0. The number of hydrogen-bond acceptors (Lipinski definition) is 1. The molecule has 2 nitrogen and oxygen atoms in total. The van der Waals surface area contributed by atoms with E-state index in [9.17, 15) is 4.79 Å². The van der Waals surface area contributed by atoms with Gasteiger partial charge in [-0.25, -0.2) is 4.99 Å². The Kier molecular flexibility index (Phi) is 3.52. The number of carbonyl (C=O) groups excluding carboxylic acids is 1. The molecule has 0 N–H and O–H groups in total. The van der Waals surface area contributed by atoms with E-state index in [0.717, 1.165) is 6.42 Å². The van der Waals surface area contributed by atoms with Crippen LogP contribution in [0.2, 0.25) is 0 Å². The molecule has 1 rings (SSSR count). The third-order valence-electron chi connectivity index (χ3n) is 0.723. The van der Waals surface area contributed by atoms with E-state index in [0.29, 0.717) is 6.42 Å². The molecule has 7 heavy (non-hydrogen) atoms. The van der Waals surface area contributed by atoms with Crippen LogP contribution in [0.3, 0.4) is 0 Å². The molecule has 0 unspecified atom stereocenters. The molecule has 1 radical (unpaired) electrons. The Hall–Kier alpha value is 0.340. The maximum atomic E-state index is 10.0. The molecule has 0 aromatic carbocycles. The average Bonchev–Trinajstić information content (AvgIpc) is 1.86. The van der Waals surface area contributed by atoms with Crippen LogP contribution < -0.4 is 0 Å². The summed E-state index contributed by atoms with van der Waals surface area (Å²) in [6, 6.07) is 0. The van der Waals surface area contributed by atoms with E-state index in [1.807, 2.05) is 0 Å². The first-order valence-corrected chi connectivity index (χ1v) is 1.95. The van der Waals surface area contributed by atoms with Crippen molar-refractivity contribution in [2.75, 3.05) is 0 Å². The summed E-state index contributed by atoms with van der Waals surface area (Å²) in [5.41, 5.74) is 0. The molecule has 1 amide bonds. The zero-order valence-electron chi connectivity index (χ0n) is 4.35. The van der Waals surface area contributed by atoms with Gasteiger partial charge in [0.25, 0.3) is 0 Å². The molecule has 0 saturated heterocycles. The minimum Gasteiger partial charge on any atom is -0.273 e. The Morgan fingerprint density at radius 3 is 2.57 bits per heavy atom. The van der Waals surface area contributed by atoms with Gasteiger partial charge < -0.3 is 0 Å². The first-order valence-electron chi connectivity index (χ1n) is 1.95. The third-order valence-corrected chi connectivity index (χ3v) is 0.723. The van der Waals surface area contributed by atoms with Gasteiger partial charge in [-0.3, -0.25) is 4.79 Å². The summed E-state index contributed by atoms with van der Waals surface area (Å²) in [5, 5.41) is 0. The quantitative estimate of drug-likeness (QED) is 0.399. The fourth-order valence-electron chi connectivity index (χ4n) is 0.419.